The van der Waals surface area contributed by atoms with E-state index < -0.39 is 6.17 Å². The number of benzene rings is 1. The van der Waals surface area contributed by atoms with Gasteiger partial charge in [0, 0.05) is 6.42 Å². The van der Waals surface area contributed by atoms with Crippen LogP contribution >= 0.6 is 0 Å². The van der Waals surface area contributed by atoms with Crippen molar-refractivity contribution in [1.82, 2.24) is 0 Å². The molecule has 1 unspecified atom stereocenters. The maximum absolute atomic E-state index is 13.5. The average Bonchev–Trinajstić information content (AvgIpc) is 2.41. The van der Waals surface area contributed by atoms with Crippen LogP contribution in [0.5, 0.6) is 5.75 Å². The van der Waals surface area contributed by atoms with Gasteiger partial charge >= 0.3 is 0 Å². The van der Waals surface area contributed by atoms with Crippen LogP contribution < -0.4 is 4.74 Å². The quantitative estimate of drug-likeness (QED) is 0.727. The second kappa shape index (κ2) is 6.05. The molecule has 0 bridgehead atoms. The van der Waals surface area contributed by atoms with Gasteiger partial charge in [0.2, 0.25) is 0 Å². The minimum atomic E-state index is -0.847. The maximum Gasteiger partial charge on any atom is 0.127 e. The number of alkyl halides is 1. The Morgan fingerprint density at radius 2 is 1.95 bits per heavy atom. The zero-order valence-electron chi connectivity index (χ0n) is 11.8. The van der Waals surface area contributed by atoms with Crippen LogP contribution in [0.4, 0.5) is 4.39 Å². The molecule has 0 aromatic heterocycles. The molecule has 0 saturated carbocycles. The van der Waals surface area contributed by atoms with Crippen LogP contribution in [0.1, 0.15) is 45.1 Å². The summed E-state index contributed by atoms with van der Waals surface area (Å²) < 4.78 is 19.3. The normalized spacial score (nSPS) is 19.1. The molecule has 2 rings (SSSR count). The van der Waals surface area contributed by atoms with Crippen LogP contribution in [0.2, 0.25) is 0 Å². The lowest BCUT2D eigenvalue weighted by molar-refractivity contribution is 0.358. The van der Waals surface area contributed by atoms with Crippen molar-refractivity contribution < 1.29 is 9.13 Å². The highest BCUT2D eigenvalue weighted by atomic mass is 19.1. The van der Waals surface area contributed by atoms with E-state index in [0.717, 1.165) is 23.5 Å². The SMILES string of the molecule is CCC1=CC(Oc2ccc(C(C)C)cc2)=CCC1F. The second-order valence-electron chi connectivity index (χ2n) is 5.21. The van der Waals surface area contributed by atoms with Gasteiger partial charge in [0.25, 0.3) is 0 Å². The Balaban J connectivity index is 2.07. The molecule has 1 aromatic carbocycles. The fraction of sp³-hybridized carbons (Fsp3) is 0.412. The molecule has 1 aliphatic rings. The Labute approximate surface area is 114 Å². The lowest BCUT2D eigenvalue weighted by Crippen LogP contribution is -2.09. The van der Waals surface area contributed by atoms with Crippen molar-refractivity contribution in [2.24, 2.45) is 0 Å². The van der Waals surface area contributed by atoms with Crippen LogP contribution in [-0.4, -0.2) is 6.17 Å². The summed E-state index contributed by atoms with van der Waals surface area (Å²) >= 11 is 0. The zero-order chi connectivity index (χ0) is 13.8. The fourth-order valence-corrected chi connectivity index (χ4v) is 2.15. The molecular formula is C17H21FO. The summed E-state index contributed by atoms with van der Waals surface area (Å²) in [5.41, 5.74) is 2.11. The van der Waals surface area contributed by atoms with Crippen LogP contribution in [0.15, 0.2) is 47.7 Å². The number of hydrogen-bond donors (Lipinski definition) is 0. The molecule has 1 nitrogen and oxygen atoms in total. The summed E-state index contributed by atoms with van der Waals surface area (Å²) in [7, 11) is 0. The first-order valence-corrected chi connectivity index (χ1v) is 6.92. The smallest absolute Gasteiger partial charge is 0.127 e. The first-order valence-electron chi connectivity index (χ1n) is 6.92. The highest BCUT2D eigenvalue weighted by Gasteiger charge is 2.16. The molecule has 102 valence electrons. The predicted molar refractivity (Wildman–Crippen MR) is 77.1 cm³/mol. The van der Waals surface area contributed by atoms with E-state index in [4.69, 9.17) is 4.74 Å². The Kier molecular flexibility index (Phi) is 4.41. The molecule has 19 heavy (non-hydrogen) atoms. The summed E-state index contributed by atoms with van der Waals surface area (Å²) in [6.45, 7) is 6.30. The van der Waals surface area contributed by atoms with Crippen molar-refractivity contribution in [2.45, 2.75) is 45.7 Å². The molecule has 1 aliphatic carbocycles. The third-order valence-corrected chi connectivity index (χ3v) is 3.45. The monoisotopic (exact) mass is 260 g/mol. The van der Waals surface area contributed by atoms with Gasteiger partial charge in [0.1, 0.15) is 17.7 Å². The van der Waals surface area contributed by atoms with Crippen LogP contribution in [-0.2, 0) is 0 Å². The van der Waals surface area contributed by atoms with Crippen molar-refractivity contribution >= 4 is 0 Å². The lowest BCUT2D eigenvalue weighted by atomic mass is 10.00. The van der Waals surface area contributed by atoms with E-state index in [0.29, 0.717) is 12.3 Å². The lowest BCUT2D eigenvalue weighted by Gasteiger charge is -2.17. The van der Waals surface area contributed by atoms with Gasteiger partial charge in [-0.25, -0.2) is 4.39 Å². The molecule has 0 aliphatic heterocycles. The number of hydrogen-bond acceptors (Lipinski definition) is 1. The highest BCUT2D eigenvalue weighted by molar-refractivity contribution is 5.34. The zero-order valence-corrected chi connectivity index (χ0v) is 11.8. The summed E-state index contributed by atoms with van der Waals surface area (Å²) in [4.78, 5) is 0. The molecule has 0 radical (unpaired) electrons. The van der Waals surface area contributed by atoms with Gasteiger partial charge in [-0.2, -0.15) is 0 Å². The van der Waals surface area contributed by atoms with Crippen LogP contribution in [0.25, 0.3) is 0 Å². The van der Waals surface area contributed by atoms with Crippen molar-refractivity contribution in [3.05, 3.63) is 53.3 Å². The molecule has 2 heteroatoms. The Morgan fingerprint density at radius 3 is 2.53 bits per heavy atom. The summed E-state index contributed by atoms with van der Waals surface area (Å²) in [6.07, 6.45) is 3.94. The molecule has 0 N–H and O–H groups in total. The highest BCUT2D eigenvalue weighted by Crippen LogP contribution is 2.26. The van der Waals surface area contributed by atoms with Gasteiger partial charge in [0.15, 0.2) is 0 Å². The molecule has 0 fully saturated rings. The molecule has 1 aromatic rings. The number of allylic oxidation sites excluding steroid dienone is 3. The summed E-state index contributed by atoms with van der Waals surface area (Å²) in [5.74, 6) is 2.07. The minimum absolute atomic E-state index is 0.416. The maximum atomic E-state index is 13.5. The largest absolute Gasteiger partial charge is 0.458 e. The third kappa shape index (κ3) is 3.46. The third-order valence-electron chi connectivity index (χ3n) is 3.45. The Morgan fingerprint density at radius 1 is 1.26 bits per heavy atom. The van der Waals surface area contributed by atoms with Gasteiger partial charge in [-0.3, -0.25) is 0 Å². The number of rotatable bonds is 4. The van der Waals surface area contributed by atoms with E-state index in [1.807, 2.05) is 31.2 Å². The van der Waals surface area contributed by atoms with E-state index in [1.54, 1.807) is 0 Å². The standard InChI is InChI=1S/C17H21FO/c1-4-13-11-16(9-10-17(13)18)19-15-7-5-14(6-8-15)12(2)3/h5-9,11-12,17H,4,10H2,1-3H3. The predicted octanol–water partition coefficient (Wildman–Crippen LogP) is 5.15. The van der Waals surface area contributed by atoms with E-state index >= 15 is 0 Å². The van der Waals surface area contributed by atoms with Gasteiger partial charge < -0.3 is 4.74 Å². The van der Waals surface area contributed by atoms with Crippen molar-refractivity contribution in [2.75, 3.05) is 0 Å². The fourth-order valence-electron chi connectivity index (χ4n) is 2.15. The van der Waals surface area contributed by atoms with Crippen LogP contribution in [0.3, 0.4) is 0 Å². The average molecular weight is 260 g/mol. The summed E-state index contributed by atoms with van der Waals surface area (Å²) in [6, 6.07) is 8.09. The second-order valence-corrected chi connectivity index (χ2v) is 5.21. The molecule has 0 amide bonds. The van der Waals surface area contributed by atoms with Gasteiger partial charge in [-0.05, 0) is 47.8 Å². The molecule has 0 saturated heterocycles. The van der Waals surface area contributed by atoms with E-state index in [9.17, 15) is 4.39 Å². The van der Waals surface area contributed by atoms with E-state index in [2.05, 4.69) is 26.0 Å². The number of ether oxygens (including phenoxy) is 1. The molecule has 0 spiro atoms. The van der Waals surface area contributed by atoms with Crippen molar-refractivity contribution in [1.29, 1.82) is 0 Å². The number of halogens is 1. The van der Waals surface area contributed by atoms with Gasteiger partial charge in [-0.1, -0.05) is 32.9 Å². The Hall–Kier alpha value is -1.57. The molecule has 0 heterocycles. The first kappa shape index (κ1) is 13.9. The van der Waals surface area contributed by atoms with Gasteiger partial charge in [-0.15, -0.1) is 0 Å². The van der Waals surface area contributed by atoms with E-state index in [-0.39, 0.29) is 0 Å². The van der Waals surface area contributed by atoms with Crippen LogP contribution in [0, 0.1) is 0 Å². The van der Waals surface area contributed by atoms with Crippen molar-refractivity contribution in [3.8, 4) is 5.75 Å². The first-order chi connectivity index (χ1) is 9.10. The van der Waals surface area contributed by atoms with E-state index in [1.165, 1.54) is 5.56 Å². The topological polar surface area (TPSA) is 9.23 Å². The Bertz CT molecular complexity index is 482. The van der Waals surface area contributed by atoms with Gasteiger partial charge in [0.05, 0.1) is 0 Å². The summed E-state index contributed by atoms with van der Waals surface area (Å²) in [5, 5.41) is 0. The molecule has 1 atom stereocenters. The van der Waals surface area contributed by atoms with Crippen molar-refractivity contribution in [3.63, 3.8) is 0 Å². The molecular weight excluding hydrogens is 239 g/mol. The minimum Gasteiger partial charge on any atom is -0.458 e.